The first-order chi connectivity index (χ1) is 12.8. The molecule has 144 valence electrons. The third kappa shape index (κ3) is 5.68. The van der Waals surface area contributed by atoms with Crippen molar-refractivity contribution in [2.75, 3.05) is 6.54 Å². The van der Waals surface area contributed by atoms with Gasteiger partial charge in [0.1, 0.15) is 6.04 Å². The molecule has 0 unspecified atom stereocenters. The normalized spacial score (nSPS) is 11.7. The molecule has 0 fully saturated rings. The maximum Gasteiger partial charge on any atom is 0.242 e. The zero-order valence-electron chi connectivity index (χ0n) is 17.0. The van der Waals surface area contributed by atoms with Crippen molar-refractivity contribution < 1.29 is 9.59 Å². The molecule has 0 heterocycles. The molecule has 2 amide bonds. The second kappa shape index (κ2) is 9.36. The van der Waals surface area contributed by atoms with Crippen LogP contribution in [0.15, 0.2) is 42.5 Å². The third-order valence-electron chi connectivity index (χ3n) is 4.84. The summed E-state index contributed by atoms with van der Waals surface area (Å²) in [5, 5.41) is 2.83. The number of rotatable bonds is 7. The van der Waals surface area contributed by atoms with E-state index in [0.717, 1.165) is 22.3 Å². The standard InChI is InChI=1S/C23H30N2O2/c1-6-24-23(27)19(5)25(15-20-11-8-16(2)9-12-20)22(26)14-21-13-17(3)7-10-18(21)4/h7-13,19H,6,14-15H2,1-5H3,(H,24,27)/t19-/m1/s1. The Hall–Kier alpha value is -2.62. The molecule has 0 aliphatic heterocycles. The van der Waals surface area contributed by atoms with Gasteiger partial charge in [-0.25, -0.2) is 0 Å². The van der Waals surface area contributed by atoms with Crippen LogP contribution in [0.2, 0.25) is 0 Å². The van der Waals surface area contributed by atoms with Crippen LogP contribution in [0.1, 0.15) is 41.7 Å². The van der Waals surface area contributed by atoms with E-state index >= 15 is 0 Å². The monoisotopic (exact) mass is 366 g/mol. The van der Waals surface area contributed by atoms with E-state index < -0.39 is 6.04 Å². The van der Waals surface area contributed by atoms with Gasteiger partial charge in [-0.15, -0.1) is 0 Å². The summed E-state index contributed by atoms with van der Waals surface area (Å²) in [7, 11) is 0. The average Bonchev–Trinajstić information content (AvgIpc) is 2.63. The quantitative estimate of drug-likeness (QED) is 0.812. The SMILES string of the molecule is CCNC(=O)[C@@H](C)N(Cc1ccc(C)cc1)C(=O)Cc1cc(C)ccc1C. The number of likely N-dealkylation sites (N-methyl/N-ethyl adjacent to an activating group) is 1. The van der Waals surface area contributed by atoms with Crippen LogP contribution in [-0.2, 0) is 22.6 Å². The van der Waals surface area contributed by atoms with Gasteiger partial charge in [0.25, 0.3) is 0 Å². The molecule has 27 heavy (non-hydrogen) atoms. The van der Waals surface area contributed by atoms with E-state index in [4.69, 9.17) is 0 Å². The van der Waals surface area contributed by atoms with Crippen LogP contribution < -0.4 is 5.32 Å². The first-order valence-corrected chi connectivity index (χ1v) is 9.50. The molecular formula is C23H30N2O2. The maximum absolute atomic E-state index is 13.1. The zero-order chi connectivity index (χ0) is 20.0. The molecule has 0 aliphatic rings. The van der Waals surface area contributed by atoms with Crippen LogP contribution in [-0.4, -0.2) is 29.3 Å². The number of nitrogens with one attached hydrogen (secondary N) is 1. The lowest BCUT2D eigenvalue weighted by atomic mass is 10.0. The summed E-state index contributed by atoms with van der Waals surface area (Å²) >= 11 is 0. The highest BCUT2D eigenvalue weighted by molar-refractivity contribution is 5.88. The van der Waals surface area contributed by atoms with Crippen molar-refractivity contribution in [3.63, 3.8) is 0 Å². The molecule has 4 nitrogen and oxygen atoms in total. The Kier molecular flexibility index (Phi) is 7.17. The Morgan fingerprint density at radius 1 is 1.00 bits per heavy atom. The molecule has 0 saturated carbocycles. The fourth-order valence-corrected chi connectivity index (χ4v) is 3.05. The van der Waals surface area contributed by atoms with Crippen LogP contribution >= 0.6 is 0 Å². The van der Waals surface area contributed by atoms with E-state index in [1.54, 1.807) is 11.8 Å². The van der Waals surface area contributed by atoms with Crippen LogP contribution in [0.5, 0.6) is 0 Å². The van der Waals surface area contributed by atoms with E-state index in [1.807, 2.05) is 70.2 Å². The Labute approximate surface area is 162 Å². The fraction of sp³-hybridized carbons (Fsp3) is 0.391. The number of nitrogens with zero attached hydrogens (tertiary/aromatic N) is 1. The predicted molar refractivity (Wildman–Crippen MR) is 109 cm³/mol. The van der Waals surface area contributed by atoms with Crippen molar-refractivity contribution in [1.82, 2.24) is 10.2 Å². The maximum atomic E-state index is 13.1. The largest absolute Gasteiger partial charge is 0.355 e. The minimum Gasteiger partial charge on any atom is -0.355 e. The van der Waals surface area contributed by atoms with E-state index in [2.05, 4.69) is 5.32 Å². The molecule has 0 radical (unpaired) electrons. The molecule has 1 atom stereocenters. The first-order valence-electron chi connectivity index (χ1n) is 9.50. The number of carbonyl (C=O) groups is 2. The van der Waals surface area contributed by atoms with Gasteiger partial charge in [0.2, 0.25) is 11.8 Å². The van der Waals surface area contributed by atoms with Crippen LogP contribution in [0, 0.1) is 20.8 Å². The number of aryl methyl sites for hydroxylation is 3. The number of carbonyl (C=O) groups excluding carboxylic acids is 2. The number of benzene rings is 2. The Balaban J connectivity index is 2.26. The van der Waals surface area contributed by atoms with Crippen molar-refractivity contribution in [3.05, 3.63) is 70.3 Å². The van der Waals surface area contributed by atoms with Crippen molar-refractivity contribution >= 4 is 11.8 Å². The molecule has 2 rings (SSSR count). The Morgan fingerprint density at radius 3 is 2.26 bits per heavy atom. The van der Waals surface area contributed by atoms with Crippen LogP contribution in [0.25, 0.3) is 0 Å². The second-order valence-electron chi connectivity index (χ2n) is 7.18. The predicted octanol–water partition coefficient (Wildman–Crippen LogP) is 3.71. The number of amides is 2. The molecule has 0 aromatic heterocycles. The van der Waals surface area contributed by atoms with Gasteiger partial charge in [-0.3, -0.25) is 9.59 Å². The van der Waals surface area contributed by atoms with E-state index in [9.17, 15) is 9.59 Å². The summed E-state index contributed by atoms with van der Waals surface area (Å²) in [4.78, 5) is 27.2. The average molecular weight is 367 g/mol. The van der Waals surface area contributed by atoms with Crippen molar-refractivity contribution in [2.45, 2.75) is 53.6 Å². The zero-order valence-corrected chi connectivity index (χ0v) is 17.0. The number of hydrogen-bond acceptors (Lipinski definition) is 2. The molecule has 4 heteroatoms. The van der Waals surface area contributed by atoms with Gasteiger partial charge in [-0.2, -0.15) is 0 Å². The molecule has 0 bridgehead atoms. The summed E-state index contributed by atoms with van der Waals surface area (Å²) in [5.41, 5.74) is 5.42. The summed E-state index contributed by atoms with van der Waals surface area (Å²) in [6, 6.07) is 13.7. The summed E-state index contributed by atoms with van der Waals surface area (Å²) in [6.07, 6.45) is 0.295. The Morgan fingerprint density at radius 2 is 1.63 bits per heavy atom. The smallest absolute Gasteiger partial charge is 0.242 e. The van der Waals surface area contributed by atoms with Crippen molar-refractivity contribution in [1.29, 1.82) is 0 Å². The molecule has 0 aliphatic carbocycles. The second-order valence-corrected chi connectivity index (χ2v) is 7.18. The van der Waals surface area contributed by atoms with Crippen LogP contribution in [0.3, 0.4) is 0 Å². The lowest BCUT2D eigenvalue weighted by molar-refractivity contribution is -0.140. The highest BCUT2D eigenvalue weighted by Gasteiger charge is 2.26. The molecule has 2 aromatic carbocycles. The fourth-order valence-electron chi connectivity index (χ4n) is 3.05. The lowest BCUT2D eigenvalue weighted by Gasteiger charge is -2.29. The topological polar surface area (TPSA) is 49.4 Å². The highest BCUT2D eigenvalue weighted by Crippen LogP contribution is 2.16. The first kappa shape index (κ1) is 20.7. The third-order valence-corrected chi connectivity index (χ3v) is 4.84. The van der Waals surface area contributed by atoms with Gasteiger partial charge >= 0.3 is 0 Å². The molecular weight excluding hydrogens is 336 g/mol. The van der Waals surface area contributed by atoms with E-state index in [-0.39, 0.29) is 11.8 Å². The summed E-state index contributed by atoms with van der Waals surface area (Å²) in [5.74, 6) is -0.165. The van der Waals surface area contributed by atoms with Crippen molar-refractivity contribution in [3.8, 4) is 0 Å². The minimum absolute atomic E-state index is 0.0389. The lowest BCUT2D eigenvalue weighted by Crippen LogP contribution is -2.48. The van der Waals surface area contributed by atoms with Gasteiger partial charge in [0, 0.05) is 13.1 Å². The van der Waals surface area contributed by atoms with Gasteiger partial charge in [-0.05, 0) is 51.3 Å². The van der Waals surface area contributed by atoms with Gasteiger partial charge in [0.15, 0.2) is 0 Å². The summed E-state index contributed by atoms with van der Waals surface area (Å²) < 4.78 is 0. The van der Waals surface area contributed by atoms with Gasteiger partial charge < -0.3 is 10.2 Å². The molecule has 1 N–H and O–H groups in total. The van der Waals surface area contributed by atoms with Crippen molar-refractivity contribution in [2.24, 2.45) is 0 Å². The van der Waals surface area contributed by atoms with E-state index in [0.29, 0.717) is 19.5 Å². The molecule has 2 aromatic rings. The highest BCUT2D eigenvalue weighted by atomic mass is 16.2. The summed E-state index contributed by atoms with van der Waals surface area (Å²) in [6.45, 7) is 10.7. The van der Waals surface area contributed by atoms with E-state index in [1.165, 1.54) is 5.56 Å². The molecule has 0 saturated heterocycles. The number of hydrogen-bond donors (Lipinski definition) is 1. The van der Waals surface area contributed by atoms with Gasteiger partial charge in [0.05, 0.1) is 6.42 Å². The molecule has 0 spiro atoms. The minimum atomic E-state index is -0.524. The van der Waals surface area contributed by atoms with Crippen LogP contribution in [0.4, 0.5) is 0 Å². The van der Waals surface area contributed by atoms with Gasteiger partial charge in [-0.1, -0.05) is 53.6 Å². The Bertz CT molecular complexity index is 797.